The zero-order valence-electron chi connectivity index (χ0n) is 17.8. The highest BCUT2D eigenvalue weighted by Gasteiger charge is 2.19. The number of nitrogens with two attached hydrogens (primary N) is 1. The van der Waals surface area contributed by atoms with Crippen molar-refractivity contribution in [3.8, 4) is 23.1 Å². The first kappa shape index (κ1) is 21.2. The number of amides is 1. The van der Waals surface area contributed by atoms with E-state index >= 15 is 0 Å². The fourth-order valence-corrected chi connectivity index (χ4v) is 3.32. The Morgan fingerprint density at radius 1 is 1.28 bits per heavy atom. The first-order valence-corrected chi connectivity index (χ1v) is 10.3. The van der Waals surface area contributed by atoms with E-state index in [0.717, 1.165) is 18.5 Å². The van der Waals surface area contributed by atoms with Crippen molar-refractivity contribution < 1.29 is 14.2 Å². The van der Waals surface area contributed by atoms with Crippen LogP contribution in [0.1, 0.15) is 19.8 Å². The molecule has 0 atom stereocenters. The number of anilines is 2. The van der Waals surface area contributed by atoms with Crippen LogP contribution in [-0.2, 0) is 11.3 Å². The fourth-order valence-electron chi connectivity index (χ4n) is 3.32. The van der Waals surface area contributed by atoms with Gasteiger partial charge in [-0.1, -0.05) is 6.07 Å². The second-order valence-electron chi connectivity index (χ2n) is 7.07. The van der Waals surface area contributed by atoms with Crippen molar-refractivity contribution in [1.82, 2.24) is 30.2 Å². The summed E-state index contributed by atoms with van der Waals surface area (Å²) in [6.07, 6.45) is 2.84. The number of ether oxygens (including phenoxy) is 1. The third kappa shape index (κ3) is 4.52. The molecule has 0 spiro atoms. The molecule has 0 radical (unpaired) electrons. The third-order valence-corrected chi connectivity index (χ3v) is 4.82. The van der Waals surface area contributed by atoms with E-state index in [1.165, 1.54) is 0 Å². The van der Waals surface area contributed by atoms with Gasteiger partial charge in [0.2, 0.25) is 11.8 Å². The van der Waals surface area contributed by atoms with E-state index in [0.29, 0.717) is 47.3 Å². The van der Waals surface area contributed by atoms with Gasteiger partial charge in [0.15, 0.2) is 17.3 Å². The summed E-state index contributed by atoms with van der Waals surface area (Å²) in [5.74, 6) is 1.62. The summed E-state index contributed by atoms with van der Waals surface area (Å²) in [7, 11) is 1.86. The molecular weight excluding hydrogens is 412 g/mol. The lowest BCUT2D eigenvalue weighted by atomic mass is 10.2. The summed E-state index contributed by atoms with van der Waals surface area (Å²) < 4.78 is 12.6. The second-order valence-corrected chi connectivity index (χ2v) is 7.07. The molecule has 32 heavy (non-hydrogen) atoms. The molecule has 4 aromatic rings. The minimum Gasteiger partial charge on any atom is -0.439 e. The number of nitrogen functional groups attached to an aromatic ring is 1. The molecule has 11 heteroatoms. The number of nitrogens with zero attached hydrogens (tertiary/aromatic N) is 5. The van der Waals surface area contributed by atoms with Gasteiger partial charge >= 0.3 is 0 Å². The average molecular weight is 436 g/mol. The topological polar surface area (TPSA) is 146 Å². The van der Waals surface area contributed by atoms with E-state index in [9.17, 15) is 4.79 Å². The maximum atomic E-state index is 12.1. The molecule has 166 valence electrons. The lowest BCUT2D eigenvalue weighted by molar-refractivity contribution is -0.116. The minimum absolute atomic E-state index is 0.0436. The lowest BCUT2D eigenvalue weighted by Gasteiger charge is -2.09. The molecule has 0 saturated heterocycles. The Morgan fingerprint density at radius 2 is 2.16 bits per heavy atom. The Morgan fingerprint density at radius 3 is 2.91 bits per heavy atom. The van der Waals surface area contributed by atoms with Crippen LogP contribution in [0.3, 0.4) is 0 Å². The smallest absolute Gasteiger partial charge is 0.224 e. The average Bonchev–Trinajstić information content (AvgIpc) is 3.36. The molecule has 3 aromatic heterocycles. The number of pyridine rings is 1. The van der Waals surface area contributed by atoms with Gasteiger partial charge in [-0.2, -0.15) is 0 Å². The molecule has 0 aliphatic heterocycles. The Hall–Kier alpha value is -3.99. The molecule has 4 rings (SSSR count). The molecule has 0 aliphatic carbocycles. The number of carbonyl (C=O) groups is 1. The lowest BCUT2D eigenvalue weighted by Crippen LogP contribution is -2.15. The zero-order valence-corrected chi connectivity index (χ0v) is 17.8. The molecule has 3 heterocycles. The minimum atomic E-state index is -0.0436. The van der Waals surface area contributed by atoms with Crippen LogP contribution in [0, 0.1) is 0 Å². The number of fused-ring (bicyclic) bond motifs is 1. The third-order valence-electron chi connectivity index (χ3n) is 4.82. The van der Waals surface area contributed by atoms with Crippen molar-refractivity contribution in [2.45, 2.75) is 26.3 Å². The SMILES string of the molecule is CCn1c(-c2nonc2N)nc2cnc(Oc3cccc(NC(=O)CCCNC)c3)cc21. The van der Waals surface area contributed by atoms with Gasteiger partial charge in [0.25, 0.3) is 0 Å². The van der Waals surface area contributed by atoms with E-state index in [2.05, 4.69) is 30.9 Å². The van der Waals surface area contributed by atoms with Crippen LogP contribution >= 0.6 is 0 Å². The summed E-state index contributed by atoms with van der Waals surface area (Å²) in [5.41, 5.74) is 8.35. The normalized spacial score (nSPS) is 11.1. The summed E-state index contributed by atoms with van der Waals surface area (Å²) in [4.78, 5) is 21.0. The molecule has 0 fully saturated rings. The molecule has 4 N–H and O–H groups in total. The maximum Gasteiger partial charge on any atom is 0.224 e. The van der Waals surface area contributed by atoms with E-state index in [4.69, 9.17) is 15.1 Å². The number of aromatic nitrogens is 5. The zero-order chi connectivity index (χ0) is 22.5. The van der Waals surface area contributed by atoms with Gasteiger partial charge in [0.05, 0.1) is 11.7 Å². The predicted octanol–water partition coefficient (Wildman–Crippen LogP) is 2.81. The van der Waals surface area contributed by atoms with Crippen LogP contribution < -0.4 is 21.1 Å². The van der Waals surface area contributed by atoms with Gasteiger partial charge in [0.1, 0.15) is 11.3 Å². The molecule has 1 amide bonds. The van der Waals surface area contributed by atoms with Crippen LogP contribution in [-0.4, -0.2) is 44.3 Å². The number of rotatable bonds is 9. The quantitative estimate of drug-likeness (QED) is 0.337. The molecule has 1 aromatic carbocycles. The Balaban J connectivity index is 1.55. The number of benzene rings is 1. The van der Waals surface area contributed by atoms with Gasteiger partial charge in [-0.05, 0) is 49.4 Å². The summed E-state index contributed by atoms with van der Waals surface area (Å²) in [6.45, 7) is 3.40. The molecule has 0 unspecified atom stereocenters. The van der Waals surface area contributed by atoms with Crippen LogP contribution in [0.2, 0.25) is 0 Å². The first-order valence-electron chi connectivity index (χ1n) is 10.3. The van der Waals surface area contributed by atoms with Crippen LogP contribution in [0.5, 0.6) is 11.6 Å². The summed E-state index contributed by atoms with van der Waals surface area (Å²) in [6, 6.07) is 8.97. The van der Waals surface area contributed by atoms with Crippen LogP contribution in [0.15, 0.2) is 41.2 Å². The van der Waals surface area contributed by atoms with E-state index < -0.39 is 0 Å². The first-order chi connectivity index (χ1) is 15.6. The molecule has 11 nitrogen and oxygen atoms in total. The monoisotopic (exact) mass is 436 g/mol. The molecule has 0 aliphatic rings. The van der Waals surface area contributed by atoms with Gasteiger partial charge in [-0.25, -0.2) is 14.6 Å². The Labute approximate surface area is 183 Å². The van der Waals surface area contributed by atoms with Gasteiger partial charge < -0.3 is 25.7 Å². The Kier molecular flexibility index (Phi) is 6.26. The second kappa shape index (κ2) is 9.43. The van der Waals surface area contributed by atoms with Gasteiger partial charge in [-0.15, -0.1) is 0 Å². The fraction of sp³-hybridized carbons (Fsp3) is 0.286. The number of carbonyl (C=O) groups excluding carboxylic acids is 1. The largest absolute Gasteiger partial charge is 0.439 e. The van der Waals surface area contributed by atoms with Crippen LogP contribution in [0.25, 0.3) is 22.6 Å². The predicted molar refractivity (Wildman–Crippen MR) is 119 cm³/mol. The maximum absolute atomic E-state index is 12.1. The van der Waals surface area contributed by atoms with Gasteiger partial charge in [-0.3, -0.25) is 4.79 Å². The van der Waals surface area contributed by atoms with E-state index in [-0.39, 0.29) is 11.7 Å². The molecule has 0 saturated carbocycles. The highest BCUT2D eigenvalue weighted by molar-refractivity contribution is 5.90. The van der Waals surface area contributed by atoms with E-state index in [1.807, 2.05) is 30.7 Å². The molecule has 0 bridgehead atoms. The molecular formula is C21H24N8O3. The standard InChI is InChI=1S/C21H24N8O3/c1-3-29-16-11-18(24-12-15(16)26-21(29)19-20(22)28-32-27-19)31-14-7-4-6-13(10-14)25-17(30)8-5-9-23-2/h4,6-7,10-12,23H,3,5,8-9H2,1-2H3,(H2,22,28)(H,25,30). The number of aryl methyl sites for hydroxylation is 1. The van der Waals surface area contributed by atoms with Crippen molar-refractivity contribution in [3.63, 3.8) is 0 Å². The Bertz CT molecular complexity index is 1230. The van der Waals surface area contributed by atoms with E-state index in [1.54, 1.807) is 24.4 Å². The highest BCUT2D eigenvalue weighted by atomic mass is 16.6. The highest BCUT2D eigenvalue weighted by Crippen LogP contribution is 2.29. The van der Waals surface area contributed by atoms with Crippen molar-refractivity contribution in [3.05, 3.63) is 36.5 Å². The summed E-state index contributed by atoms with van der Waals surface area (Å²) in [5, 5.41) is 13.4. The van der Waals surface area contributed by atoms with Crippen molar-refractivity contribution in [2.24, 2.45) is 0 Å². The number of hydrogen-bond acceptors (Lipinski definition) is 9. The van der Waals surface area contributed by atoms with Crippen molar-refractivity contribution in [2.75, 3.05) is 24.6 Å². The van der Waals surface area contributed by atoms with Crippen molar-refractivity contribution >= 4 is 28.4 Å². The number of hydrogen-bond donors (Lipinski definition) is 3. The number of imidazole rings is 1. The van der Waals surface area contributed by atoms with Crippen LogP contribution in [0.4, 0.5) is 11.5 Å². The van der Waals surface area contributed by atoms with Gasteiger partial charge in [0, 0.05) is 30.8 Å². The summed E-state index contributed by atoms with van der Waals surface area (Å²) >= 11 is 0. The number of nitrogens with one attached hydrogen (secondary N) is 2. The van der Waals surface area contributed by atoms with Crippen molar-refractivity contribution in [1.29, 1.82) is 0 Å².